The molecule has 0 unspecified atom stereocenters. The highest BCUT2D eigenvalue weighted by Gasteiger charge is 2.09. The molecular weight excluding hydrogens is 280 g/mol. The molecule has 0 saturated carbocycles. The van der Waals surface area contributed by atoms with E-state index < -0.39 is 0 Å². The molecule has 0 saturated heterocycles. The number of ketones is 1. The van der Waals surface area contributed by atoms with Crippen LogP contribution in [-0.2, 0) is 4.79 Å². The highest BCUT2D eigenvalue weighted by atomic mass is 32.2. The van der Waals surface area contributed by atoms with E-state index in [-0.39, 0.29) is 11.7 Å². The van der Waals surface area contributed by atoms with Crippen molar-refractivity contribution in [2.24, 2.45) is 0 Å². The minimum absolute atomic E-state index is 0.0172. The van der Waals surface area contributed by atoms with E-state index >= 15 is 0 Å². The van der Waals surface area contributed by atoms with Crippen molar-refractivity contribution in [2.75, 3.05) is 25.2 Å². The third-order valence-electron chi connectivity index (χ3n) is 2.22. The zero-order valence-corrected chi connectivity index (χ0v) is 12.7. The maximum atomic E-state index is 11.9. The quantitative estimate of drug-likeness (QED) is 0.683. The number of carbonyl (C=O) groups is 2. The average Bonchev–Trinajstić information content (AvgIpc) is 2.35. The molecule has 0 fully saturated rings. The van der Waals surface area contributed by atoms with Crippen molar-refractivity contribution in [3.8, 4) is 0 Å². The Balaban J connectivity index is 2.58. The number of nitrogens with zero attached hydrogens (tertiary/aromatic N) is 1. The van der Waals surface area contributed by atoms with E-state index in [0.29, 0.717) is 21.3 Å². The molecule has 0 aliphatic heterocycles. The monoisotopic (exact) mass is 296 g/mol. The molecule has 0 radical (unpaired) electrons. The highest BCUT2D eigenvalue weighted by molar-refractivity contribution is 8.23. The van der Waals surface area contributed by atoms with Crippen molar-refractivity contribution in [1.82, 2.24) is 4.90 Å². The summed E-state index contributed by atoms with van der Waals surface area (Å²) in [5.74, 6) is 0.200. The Morgan fingerprint density at radius 2 is 1.84 bits per heavy atom. The molecule has 102 valence electrons. The van der Waals surface area contributed by atoms with Crippen LogP contribution in [-0.4, -0.2) is 40.8 Å². The van der Waals surface area contributed by atoms with Crippen molar-refractivity contribution >= 4 is 45.7 Å². The molecule has 0 aromatic heterocycles. The first-order valence-corrected chi connectivity index (χ1v) is 7.04. The molecule has 1 amide bonds. The molecule has 1 aromatic carbocycles. The fourth-order valence-electron chi connectivity index (χ4n) is 1.28. The summed E-state index contributed by atoms with van der Waals surface area (Å²) in [5, 5.41) is 2.65. The van der Waals surface area contributed by atoms with Crippen LogP contribution in [0.1, 0.15) is 17.3 Å². The topological polar surface area (TPSA) is 49.4 Å². The standard InChI is InChI=1S/C13H16N2O2S2/c1-9(16)14-11-6-4-10(5-7-11)12(17)8-19-13(18)15(2)3/h4-7H,8H2,1-3H3,(H,14,16). The lowest BCUT2D eigenvalue weighted by molar-refractivity contribution is -0.114. The molecule has 0 atom stereocenters. The lowest BCUT2D eigenvalue weighted by Gasteiger charge is -2.12. The Hall–Kier alpha value is -1.40. The van der Waals surface area contributed by atoms with Gasteiger partial charge in [-0.25, -0.2) is 0 Å². The van der Waals surface area contributed by atoms with Crippen LogP contribution >= 0.6 is 24.0 Å². The Morgan fingerprint density at radius 3 is 2.32 bits per heavy atom. The van der Waals surface area contributed by atoms with Crippen LogP contribution in [0.15, 0.2) is 24.3 Å². The number of hydrogen-bond acceptors (Lipinski definition) is 4. The van der Waals surface area contributed by atoms with E-state index in [0.717, 1.165) is 0 Å². The minimum Gasteiger partial charge on any atom is -0.364 e. The third kappa shape index (κ3) is 5.40. The SMILES string of the molecule is CC(=O)Nc1ccc(C(=O)CSC(=S)N(C)C)cc1. The zero-order valence-electron chi connectivity index (χ0n) is 11.1. The second kappa shape index (κ2) is 7.25. The largest absolute Gasteiger partial charge is 0.364 e. The molecule has 0 aliphatic carbocycles. The number of thioether (sulfide) groups is 1. The van der Waals surface area contributed by atoms with Crippen molar-refractivity contribution in [3.63, 3.8) is 0 Å². The number of hydrogen-bond donors (Lipinski definition) is 1. The van der Waals surface area contributed by atoms with Gasteiger partial charge in [-0.15, -0.1) is 0 Å². The predicted octanol–water partition coefficient (Wildman–Crippen LogP) is 2.41. The lowest BCUT2D eigenvalue weighted by atomic mass is 10.1. The van der Waals surface area contributed by atoms with Crippen LogP contribution in [0, 0.1) is 0 Å². The van der Waals surface area contributed by atoms with Crippen LogP contribution in [0.4, 0.5) is 5.69 Å². The average molecular weight is 296 g/mol. The lowest BCUT2D eigenvalue weighted by Crippen LogP contribution is -2.18. The van der Waals surface area contributed by atoms with Gasteiger partial charge in [0.1, 0.15) is 4.32 Å². The second-order valence-electron chi connectivity index (χ2n) is 4.13. The molecule has 0 spiro atoms. The summed E-state index contributed by atoms with van der Waals surface area (Å²) in [7, 11) is 3.70. The number of carbonyl (C=O) groups excluding carboxylic acids is 2. The van der Waals surface area contributed by atoms with Gasteiger partial charge in [0.15, 0.2) is 5.78 Å². The number of anilines is 1. The van der Waals surface area contributed by atoms with Gasteiger partial charge >= 0.3 is 0 Å². The summed E-state index contributed by atoms with van der Waals surface area (Å²) in [4.78, 5) is 24.6. The summed E-state index contributed by atoms with van der Waals surface area (Å²) in [6, 6.07) is 6.83. The van der Waals surface area contributed by atoms with Gasteiger partial charge in [-0.3, -0.25) is 9.59 Å². The smallest absolute Gasteiger partial charge is 0.221 e. The normalized spacial score (nSPS) is 9.84. The minimum atomic E-state index is -0.133. The molecule has 4 nitrogen and oxygen atoms in total. The summed E-state index contributed by atoms with van der Waals surface area (Å²) in [5.41, 5.74) is 1.30. The van der Waals surface area contributed by atoms with Gasteiger partial charge in [0.05, 0.1) is 5.75 Å². The van der Waals surface area contributed by atoms with Crippen molar-refractivity contribution in [1.29, 1.82) is 0 Å². The number of amides is 1. The molecule has 19 heavy (non-hydrogen) atoms. The van der Waals surface area contributed by atoms with Crippen molar-refractivity contribution in [3.05, 3.63) is 29.8 Å². The molecule has 6 heteroatoms. The number of rotatable bonds is 4. The Bertz CT molecular complexity index is 484. The fraction of sp³-hybridized carbons (Fsp3) is 0.308. The summed E-state index contributed by atoms with van der Waals surface area (Å²) in [6.07, 6.45) is 0. The van der Waals surface area contributed by atoms with Gasteiger partial charge in [0.25, 0.3) is 0 Å². The first-order valence-electron chi connectivity index (χ1n) is 5.65. The van der Waals surface area contributed by atoms with Crippen LogP contribution < -0.4 is 5.32 Å². The van der Waals surface area contributed by atoms with Gasteiger partial charge in [0.2, 0.25) is 5.91 Å². The Morgan fingerprint density at radius 1 is 1.26 bits per heavy atom. The Kier molecular flexibility index (Phi) is 5.98. The van der Waals surface area contributed by atoms with Gasteiger partial charge in [0, 0.05) is 32.3 Å². The first-order chi connectivity index (χ1) is 8.90. The van der Waals surface area contributed by atoms with E-state index in [1.165, 1.54) is 18.7 Å². The first kappa shape index (κ1) is 15.7. The maximum Gasteiger partial charge on any atom is 0.221 e. The van der Waals surface area contributed by atoms with Crippen LogP contribution in [0.2, 0.25) is 0 Å². The van der Waals surface area contributed by atoms with Crippen LogP contribution in [0.5, 0.6) is 0 Å². The van der Waals surface area contributed by atoms with Crippen LogP contribution in [0.3, 0.4) is 0 Å². The number of benzene rings is 1. The van der Waals surface area contributed by atoms with E-state index in [9.17, 15) is 9.59 Å². The molecule has 0 aliphatic rings. The fourth-order valence-corrected chi connectivity index (χ4v) is 2.14. The molecular formula is C13H16N2O2S2. The number of nitrogens with one attached hydrogen (secondary N) is 1. The van der Waals surface area contributed by atoms with E-state index in [1.54, 1.807) is 29.2 Å². The maximum absolute atomic E-state index is 11.9. The summed E-state index contributed by atoms with van der Waals surface area (Å²) >= 11 is 6.44. The molecule has 1 N–H and O–H groups in total. The zero-order chi connectivity index (χ0) is 14.4. The Labute approximate surface area is 122 Å². The van der Waals surface area contributed by atoms with Gasteiger partial charge in [-0.2, -0.15) is 0 Å². The van der Waals surface area contributed by atoms with Gasteiger partial charge in [-0.05, 0) is 24.3 Å². The third-order valence-corrected chi connectivity index (χ3v) is 3.96. The van der Waals surface area contributed by atoms with Crippen molar-refractivity contribution < 1.29 is 9.59 Å². The van der Waals surface area contributed by atoms with E-state index in [4.69, 9.17) is 12.2 Å². The van der Waals surface area contributed by atoms with Crippen LogP contribution in [0.25, 0.3) is 0 Å². The summed E-state index contributed by atoms with van der Waals surface area (Å²) < 4.78 is 0.684. The van der Waals surface area contributed by atoms with E-state index in [1.807, 2.05) is 14.1 Å². The molecule has 1 rings (SSSR count). The summed E-state index contributed by atoms with van der Waals surface area (Å²) in [6.45, 7) is 1.44. The van der Waals surface area contributed by atoms with Gasteiger partial charge in [-0.1, -0.05) is 24.0 Å². The molecule has 0 bridgehead atoms. The molecule has 1 aromatic rings. The van der Waals surface area contributed by atoms with Gasteiger partial charge < -0.3 is 10.2 Å². The predicted molar refractivity (Wildman–Crippen MR) is 83.8 cm³/mol. The van der Waals surface area contributed by atoms with E-state index in [2.05, 4.69) is 5.32 Å². The number of thiocarbonyl (C=S) groups is 1. The molecule has 0 heterocycles. The second-order valence-corrected chi connectivity index (χ2v) is 5.74. The van der Waals surface area contributed by atoms with Crippen molar-refractivity contribution in [2.45, 2.75) is 6.92 Å². The number of Topliss-reactive ketones (excluding diaryl/α,β-unsaturated/α-hetero) is 1. The highest BCUT2D eigenvalue weighted by Crippen LogP contribution is 2.14.